The van der Waals surface area contributed by atoms with Gasteiger partial charge in [0.15, 0.2) is 0 Å². The average molecular weight is 274 g/mol. The van der Waals surface area contributed by atoms with E-state index in [-0.39, 0.29) is 11.7 Å². The molecular weight excluding hydrogens is 257 g/mol. The van der Waals surface area contributed by atoms with Crippen LogP contribution in [-0.4, -0.2) is 6.54 Å². The van der Waals surface area contributed by atoms with Gasteiger partial charge in [-0.25, -0.2) is 4.39 Å². The van der Waals surface area contributed by atoms with Crippen molar-refractivity contribution >= 4 is 15.9 Å². The molecule has 0 fully saturated rings. The van der Waals surface area contributed by atoms with Crippen LogP contribution in [0.2, 0.25) is 0 Å². The molecule has 0 amide bonds. The zero-order valence-electron chi connectivity index (χ0n) is 9.13. The predicted molar refractivity (Wildman–Crippen MR) is 65.4 cm³/mol. The molecular formula is C12H17BrFN. The van der Waals surface area contributed by atoms with Gasteiger partial charge in [-0.1, -0.05) is 29.8 Å². The highest BCUT2D eigenvalue weighted by Gasteiger charge is 2.17. The summed E-state index contributed by atoms with van der Waals surface area (Å²) in [6.45, 7) is 4.81. The second-order valence-corrected chi connectivity index (χ2v) is 4.92. The van der Waals surface area contributed by atoms with Crippen LogP contribution in [0, 0.1) is 11.7 Å². The van der Waals surface area contributed by atoms with Gasteiger partial charge in [-0.05, 0) is 48.6 Å². The molecule has 1 aromatic carbocycles. The Bertz CT molecular complexity index is 327. The molecule has 84 valence electrons. The van der Waals surface area contributed by atoms with E-state index in [0.717, 1.165) is 16.5 Å². The Morgan fingerprint density at radius 1 is 1.40 bits per heavy atom. The van der Waals surface area contributed by atoms with E-state index in [1.54, 1.807) is 6.07 Å². The normalized spacial score (nSPS) is 15.0. The van der Waals surface area contributed by atoms with E-state index in [1.807, 2.05) is 13.0 Å². The molecule has 2 atom stereocenters. The van der Waals surface area contributed by atoms with Crippen LogP contribution in [0.15, 0.2) is 22.7 Å². The van der Waals surface area contributed by atoms with Crippen LogP contribution >= 0.6 is 15.9 Å². The Morgan fingerprint density at radius 3 is 2.67 bits per heavy atom. The van der Waals surface area contributed by atoms with Gasteiger partial charge in [-0.2, -0.15) is 0 Å². The summed E-state index contributed by atoms with van der Waals surface area (Å²) >= 11 is 3.36. The first-order valence-corrected chi connectivity index (χ1v) is 6.00. The van der Waals surface area contributed by atoms with E-state index >= 15 is 0 Å². The zero-order chi connectivity index (χ0) is 11.4. The Kier molecular flexibility index (Phi) is 4.74. The molecule has 0 aliphatic heterocycles. The molecule has 1 nitrogen and oxygen atoms in total. The van der Waals surface area contributed by atoms with E-state index in [0.29, 0.717) is 12.5 Å². The summed E-state index contributed by atoms with van der Waals surface area (Å²) in [6, 6.07) is 5.08. The minimum atomic E-state index is -0.130. The molecule has 0 saturated carbocycles. The Morgan fingerprint density at radius 2 is 2.07 bits per heavy atom. The third-order valence-corrected chi connectivity index (χ3v) is 3.42. The number of benzene rings is 1. The predicted octanol–water partition coefficient (Wildman–Crippen LogP) is 3.68. The number of halogens is 2. The van der Waals surface area contributed by atoms with Crippen LogP contribution in [0.3, 0.4) is 0 Å². The Labute approximate surface area is 99.0 Å². The molecule has 15 heavy (non-hydrogen) atoms. The van der Waals surface area contributed by atoms with Crippen molar-refractivity contribution in [2.45, 2.75) is 26.2 Å². The smallest absolute Gasteiger partial charge is 0.126 e. The van der Waals surface area contributed by atoms with Crippen molar-refractivity contribution in [1.29, 1.82) is 0 Å². The molecule has 0 spiro atoms. The standard InChI is InChI=1S/C12H17BrFN/c1-8(5-6-15)9(2)11-7-10(13)3-4-12(11)14/h3-4,7-9H,5-6,15H2,1-2H3. The van der Waals surface area contributed by atoms with Gasteiger partial charge in [0.25, 0.3) is 0 Å². The van der Waals surface area contributed by atoms with Gasteiger partial charge in [0.2, 0.25) is 0 Å². The third kappa shape index (κ3) is 3.28. The molecule has 2 N–H and O–H groups in total. The molecule has 0 heterocycles. The lowest BCUT2D eigenvalue weighted by molar-refractivity contribution is 0.443. The summed E-state index contributed by atoms with van der Waals surface area (Å²) in [7, 11) is 0. The van der Waals surface area contributed by atoms with Crippen molar-refractivity contribution < 1.29 is 4.39 Å². The number of rotatable bonds is 4. The molecule has 0 aliphatic rings. The van der Waals surface area contributed by atoms with Crippen LogP contribution in [0.4, 0.5) is 4.39 Å². The second-order valence-electron chi connectivity index (χ2n) is 4.01. The first-order valence-electron chi connectivity index (χ1n) is 5.21. The summed E-state index contributed by atoms with van der Waals surface area (Å²) < 4.78 is 14.5. The molecule has 2 unspecified atom stereocenters. The largest absolute Gasteiger partial charge is 0.330 e. The summed E-state index contributed by atoms with van der Waals surface area (Å²) in [4.78, 5) is 0. The second kappa shape index (κ2) is 5.61. The molecule has 1 rings (SSSR count). The van der Waals surface area contributed by atoms with Crippen molar-refractivity contribution in [3.05, 3.63) is 34.1 Å². The summed E-state index contributed by atoms with van der Waals surface area (Å²) in [5, 5.41) is 0. The molecule has 0 bridgehead atoms. The van der Waals surface area contributed by atoms with Crippen LogP contribution in [0.5, 0.6) is 0 Å². The fourth-order valence-electron chi connectivity index (χ4n) is 1.68. The van der Waals surface area contributed by atoms with Crippen LogP contribution < -0.4 is 5.73 Å². The lowest BCUT2D eigenvalue weighted by Gasteiger charge is -2.20. The summed E-state index contributed by atoms with van der Waals surface area (Å²) in [5.74, 6) is 0.472. The lowest BCUT2D eigenvalue weighted by atomic mass is 9.86. The van der Waals surface area contributed by atoms with Gasteiger partial charge in [-0.3, -0.25) is 0 Å². The van der Waals surface area contributed by atoms with Crippen molar-refractivity contribution in [3.63, 3.8) is 0 Å². The SMILES string of the molecule is CC(CCN)C(C)c1cc(Br)ccc1F. The molecule has 1 aromatic rings. The molecule has 0 aliphatic carbocycles. The van der Waals surface area contributed by atoms with Crippen molar-refractivity contribution in [2.75, 3.05) is 6.54 Å². The lowest BCUT2D eigenvalue weighted by Crippen LogP contribution is -2.13. The number of nitrogens with two attached hydrogens (primary N) is 1. The van der Waals surface area contributed by atoms with Crippen molar-refractivity contribution in [1.82, 2.24) is 0 Å². The summed E-state index contributed by atoms with van der Waals surface area (Å²) in [6.07, 6.45) is 0.924. The van der Waals surface area contributed by atoms with Gasteiger partial charge in [0.1, 0.15) is 5.82 Å². The fourth-order valence-corrected chi connectivity index (χ4v) is 2.06. The third-order valence-electron chi connectivity index (χ3n) is 2.92. The van der Waals surface area contributed by atoms with Crippen LogP contribution in [-0.2, 0) is 0 Å². The monoisotopic (exact) mass is 273 g/mol. The molecule has 0 aromatic heterocycles. The summed E-state index contributed by atoms with van der Waals surface area (Å²) in [5.41, 5.74) is 6.28. The maximum Gasteiger partial charge on any atom is 0.126 e. The van der Waals surface area contributed by atoms with Crippen molar-refractivity contribution in [3.8, 4) is 0 Å². The fraction of sp³-hybridized carbons (Fsp3) is 0.500. The van der Waals surface area contributed by atoms with E-state index in [9.17, 15) is 4.39 Å². The molecule has 0 saturated heterocycles. The minimum absolute atomic E-state index is 0.130. The van der Waals surface area contributed by atoms with E-state index in [4.69, 9.17) is 5.73 Å². The maximum absolute atomic E-state index is 13.6. The minimum Gasteiger partial charge on any atom is -0.330 e. The van der Waals surface area contributed by atoms with E-state index in [1.165, 1.54) is 6.07 Å². The first-order chi connectivity index (χ1) is 7.06. The van der Waals surface area contributed by atoms with E-state index < -0.39 is 0 Å². The van der Waals surface area contributed by atoms with Gasteiger partial charge < -0.3 is 5.73 Å². The van der Waals surface area contributed by atoms with E-state index in [2.05, 4.69) is 22.9 Å². The van der Waals surface area contributed by atoms with Gasteiger partial charge >= 0.3 is 0 Å². The van der Waals surface area contributed by atoms with Gasteiger partial charge in [-0.15, -0.1) is 0 Å². The highest BCUT2D eigenvalue weighted by atomic mass is 79.9. The maximum atomic E-state index is 13.6. The van der Waals surface area contributed by atoms with Crippen LogP contribution in [0.25, 0.3) is 0 Å². The Hall–Kier alpha value is -0.410. The number of hydrogen-bond donors (Lipinski definition) is 1. The number of hydrogen-bond acceptors (Lipinski definition) is 1. The average Bonchev–Trinajstić information content (AvgIpc) is 2.21. The highest BCUT2D eigenvalue weighted by molar-refractivity contribution is 9.10. The van der Waals surface area contributed by atoms with Gasteiger partial charge in [0, 0.05) is 4.47 Å². The quantitative estimate of drug-likeness (QED) is 0.890. The first kappa shape index (κ1) is 12.7. The highest BCUT2D eigenvalue weighted by Crippen LogP contribution is 2.30. The Balaban J connectivity index is 2.89. The molecule has 3 heteroatoms. The van der Waals surface area contributed by atoms with Crippen LogP contribution in [0.1, 0.15) is 31.7 Å². The topological polar surface area (TPSA) is 26.0 Å². The zero-order valence-corrected chi connectivity index (χ0v) is 10.7. The van der Waals surface area contributed by atoms with Crippen molar-refractivity contribution in [2.24, 2.45) is 11.7 Å². The molecule has 0 radical (unpaired) electrons. The van der Waals surface area contributed by atoms with Gasteiger partial charge in [0.05, 0.1) is 0 Å².